The van der Waals surface area contributed by atoms with Gasteiger partial charge in [0.25, 0.3) is 11.6 Å². The fourth-order valence-corrected chi connectivity index (χ4v) is 2.59. The first-order valence-corrected chi connectivity index (χ1v) is 8.71. The minimum atomic E-state index is -0.481. The van der Waals surface area contributed by atoms with E-state index in [0.29, 0.717) is 11.3 Å². The average Bonchev–Trinajstić information content (AvgIpc) is 2.73. The highest BCUT2D eigenvalue weighted by Gasteiger charge is 2.09. The first-order valence-electron chi connectivity index (χ1n) is 8.30. The van der Waals surface area contributed by atoms with Gasteiger partial charge in [-0.15, -0.1) is 0 Å². The van der Waals surface area contributed by atoms with Gasteiger partial charge in [-0.05, 0) is 47.6 Å². The van der Waals surface area contributed by atoms with Crippen molar-refractivity contribution in [1.82, 2.24) is 10.7 Å². The molecule has 0 heterocycles. The van der Waals surface area contributed by atoms with E-state index in [4.69, 9.17) is 12.2 Å². The zero-order valence-electron chi connectivity index (χ0n) is 14.6. The van der Waals surface area contributed by atoms with E-state index >= 15 is 0 Å². The highest BCUT2D eigenvalue weighted by atomic mass is 32.1. The van der Waals surface area contributed by atoms with Crippen LogP contribution in [0.15, 0.2) is 78.9 Å². The molecule has 0 unspecified atom stereocenters. The molecule has 140 valence electrons. The third-order valence-corrected chi connectivity index (χ3v) is 4.08. The summed E-state index contributed by atoms with van der Waals surface area (Å²) in [5, 5.41) is 13.3. The molecule has 0 aliphatic rings. The summed E-state index contributed by atoms with van der Waals surface area (Å²) in [7, 11) is 0. The van der Waals surface area contributed by atoms with Crippen molar-refractivity contribution in [1.29, 1.82) is 0 Å². The molecule has 0 saturated carbocycles. The van der Waals surface area contributed by atoms with Gasteiger partial charge in [0, 0.05) is 17.7 Å². The molecule has 0 saturated heterocycles. The van der Waals surface area contributed by atoms with E-state index in [0.717, 1.165) is 11.1 Å². The second kappa shape index (κ2) is 8.74. The number of thiocarbonyl (C=S) groups is 1. The molecule has 1 amide bonds. The molecule has 0 radical (unpaired) electrons. The van der Waals surface area contributed by atoms with E-state index in [9.17, 15) is 14.9 Å². The molecule has 0 fully saturated rings. The molecular weight excluding hydrogens is 376 g/mol. The number of nitro benzene ring substituents is 1. The van der Waals surface area contributed by atoms with Crippen LogP contribution in [0, 0.1) is 10.1 Å². The lowest BCUT2D eigenvalue weighted by molar-refractivity contribution is -0.384. The molecule has 0 aromatic heterocycles. The lowest BCUT2D eigenvalue weighted by atomic mass is 10.0. The molecule has 3 rings (SSSR count). The molecule has 0 aliphatic carbocycles. The Morgan fingerprint density at radius 2 is 1.46 bits per heavy atom. The average molecular weight is 392 g/mol. The van der Waals surface area contributed by atoms with Crippen LogP contribution >= 0.6 is 12.2 Å². The number of non-ortho nitro benzene ring substituents is 1. The predicted octanol–water partition coefficient (Wildman–Crippen LogP) is 3.89. The molecule has 28 heavy (non-hydrogen) atoms. The monoisotopic (exact) mass is 392 g/mol. The lowest BCUT2D eigenvalue weighted by Crippen LogP contribution is -2.41. The number of carbonyl (C=O) groups is 1. The summed E-state index contributed by atoms with van der Waals surface area (Å²) in [5.74, 6) is -0.345. The highest BCUT2D eigenvalue weighted by molar-refractivity contribution is 7.80. The maximum absolute atomic E-state index is 12.3. The van der Waals surface area contributed by atoms with Crippen molar-refractivity contribution in [3.8, 4) is 11.1 Å². The van der Waals surface area contributed by atoms with Crippen molar-refractivity contribution < 1.29 is 9.72 Å². The van der Waals surface area contributed by atoms with E-state index in [2.05, 4.69) is 16.2 Å². The fourth-order valence-electron chi connectivity index (χ4n) is 2.45. The summed E-state index contributed by atoms with van der Waals surface area (Å²) in [6.45, 7) is 0. The third-order valence-electron chi connectivity index (χ3n) is 3.88. The van der Waals surface area contributed by atoms with E-state index in [-0.39, 0.29) is 16.7 Å². The Labute approximate surface area is 166 Å². The summed E-state index contributed by atoms with van der Waals surface area (Å²) >= 11 is 5.09. The van der Waals surface area contributed by atoms with Gasteiger partial charge in [0.05, 0.1) is 10.6 Å². The van der Waals surface area contributed by atoms with Gasteiger partial charge in [0.2, 0.25) is 0 Å². The van der Waals surface area contributed by atoms with Crippen LogP contribution in [0.2, 0.25) is 0 Å². The van der Waals surface area contributed by atoms with Crippen molar-refractivity contribution >= 4 is 34.6 Å². The number of anilines is 1. The molecule has 0 atom stereocenters. The van der Waals surface area contributed by atoms with E-state index in [1.54, 1.807) is 12.1 Å². The molecule has 7 nitrogen and oxygen atoms in total. The van der Waals surface area contributed by atoms with Crippen LogP contribution in [0.25, 0.3) is 11.1 Å². The summed E-state index contributed by atoms with van der Waals surface area (Å²) in [4.78, 5) is 22.4. The Morgan fingerprint density at radius 3 is 2.07 bits per heavy atom. The van der Waals surface area contributed by atoms with Crippen LogP contribution < -0.4 is 16.2 Å². The molecule has 0 aliphatic heterocycles. The lowest BCUT2D eigenvalue weighted by Gasteiger charge is -2.12. The van der Waals surface area contributed by atoms with Gasteiger partial charge < -0.3 is 0 Å². The van der Waals surface area contributed by atoms with Gasteiger partial charge in [-0.3, -0.25) is 31.1 Å². The normalized spacial score (nSPS) is 10.0. The second-order valence-electron chi connectivity index (χ2n) is 5.78. The largest absolute Gasteiger partial charge is 0.299 e. The fraction of sp³-hybridized carbons (Fsp3) is 0. The molecular formula is C20H16N4O3S. The van der Waals surface area contributed by atoms with Crippen LogP contribution in [0.3, 0.4) is 0 Å². The molecule has 3 aromatic rings. The minimum Gasteiger partial charge on any atom is -0.299 e. The summed E-state index contributed by atoms with van der Waals surface area (Å²) in [6.07, 6.45) is 0. The van der Waals surface area contributed by atoms with Gasteiger partial charge in [0.15, 0.2) is 5.11 Å². The number of hydrogen-bond donors (Lipinski definition) is 3. The highest BCUT2D eigenvalue weighted by Crippen LogP contribution is 2.19. The van der Waals surface area contributed by atoms with Gasteiger partial charge in [-0.25, -0.2) is 0 Å². The number of hydrazine groups is 1. The summed E-state index contributed by atoms with van der Waals surface area (Å²) in [5.41, 5.74) is 8.54. The number of amides is 1. The van der Waals surface area contributed by atoms with Crippen LogP contribution in [0.5, 0.6) is 0 Å². The number of nitrogens with one attached hydrogen (secondary N) is 3. The quantitative estimate of drug-likeness (QED) is 0.346. The van der Waals surface area contributed by atoms with Crippen LogP contribution in [0.1, 0.15) is 10.4 Å². The first-order chi connectivity index (χ1) is 13.5. The number of benzene rings is 3. The van der Waals surface area contributed by atoms with Crippen molar-refractivity contribution in [3.05, 3.63) is 94.5 Å². The third kappa shape index (κ3) is 4.89. The van der Waals surface area contributed by atoms with E-state index in [1.807, 2.05) is 42.5 Å². The molecule has 0 spiro atoms. The number of carbonyl (C=O) groups excluding carboxylic acids is 1. The Balaban J connectivity index is 1.54. The van der Waals surface area contributed by atoms with Crippen LogP contribution in [-0.4, -0.2) is 15.9 Å². The topological polar surface area (TPSA) is 96.3 Å². The molecule has 3 aromatic carbocycles. The maximum atomic E-state index is 12.3. The van der Waals surface area contributed by atoms with Gasteiger partial charge in [0.1, 0.15) is 0 Å². The Hall–Kier alpha value is -3.78. The smallest absolute Gasteiger partial charge is 0.269 e. The molecule has 3 N–H and O–H groups in total. The SMILES string of the molecule is O=C(NC(=S)NNc1ccc([N+](=O)[O-])cc1)c1ccc(-c2ccccc2)cc1. The van der Waals surface area contributed by atoms with Crippen molar-refractivity contribution in [3.63, 3.8) is 0 Å². The van der Waals surface area contributed by atoms with Crippen molar-refractivity contribution in [2.75, 3.05) is 5.43 Å². The van der Waals surface area contributed by atoms with Crippen molar-refractivity contribution in [2.45, 2.75) is 0 Å². The Bertz CT molecular complexity index is 990. The predicted molar refractivity (Wildman–Crippen MR) is 112 cm³/mol. The van der Waals surface area contributed by atoms with E-state index < -0.39 is 4.92 Å². The summed E-state index contributed by atoms with van der Waals surface area (Å²) in [6, 6.07) is 22.8. The zero-order chi connectivity index (χ0) is 19.9. The first kappa shape index (κ1) is 19.0. The summed E-state index contributed by atoms with van der Waals surface area (Å²) < 4.78 is 0. The second-order valence-corrected chi connectivity index (χ2v) is 6.19. The standard InChI is InChI=1S/C20H16N4O3S/c25-19(16-8-6-15(7-9-16)14-4-2-1-3-5-14)21-20(28)23-22-17-10-12-18(13-11-17)24(26)27/h1-13,22H,(H2,21,23,25,28). The maximum Gasteiger partial charge on any atom is 0.269 e. The minimum absolute atomic E-state index is 0.0135. The van der Waals surface area contributed by atoms with Gasteiger partial charge >= 0.3 is 0 Å². The van der Waals surface area contributed by atoms with Gasteiger partial charge in [-0.1, -0.05) is 42.5 Å². The number of nitro groups is 1. The van der Waals surface area contributed by atoms with E-state index in [1.165, 1.54) is 24.3 Å². The van der Waals surface area contributed by atoms with Gasteiger partial charge in [-0.2, -0.15) is 0 Å². The Kier molecular flexibility index (Phi) is 5.93. The number of hydrogen-bond acceptors (Lipinski definition) is 5. The van der Waals surface area contributed by atoms with Crippen LogP contribution in [0.4, 0.5) is 11.4 Å². The molecule has 8 heteroatoms. The Morgan fingerprint density at radius 1 is 0.857 bits per heavy atom. The number of nitrogens with zero attached hydrogens (tertiary/aromatic N) is 1. The zero-order valence-corrected chi connectivity index (χ0v) is 15.4. The van der Waals surface area contributed by atoms with Crippen LogP contribution in [-0.2, 0) is 0 Å². The molecule has 0 bridgehead atoms. The van der Waals surface area contributed by atoms with Crippen molar-refractivity contribution in [2.24, 2.45) is 0 Å². The number of rotatable bonds is 5.